The van der Waals surface area contributed by atoms with E-state index in [2.05, 4.69) is 20.4 Å². The molecule has 1 unspecified atom stereocenters. The van der Waals surface area contributed by atoms with Crippen LogP contribution < -0.4 is 10.1 Å². The van der Waals surface area contributed by atoms with Crippen molar-refractivity contribution in [2.45, 2.75) is 18.2 Å². The van der Waals surface area contributed by atoms with Crippen molar-refractivity contribution < 1.29 is 23.5 Å². The number of aromatic nitrogens is 4. The van der Waals surface area contributed by atoms with Crippen molar-refractivity contribution in [3.63, 3.8) is 0 Å². The van der Waals surface area contributed by atoms with Crippen LogP contribution in [-0.4, -0.2) is 81.5 Å². The highest BCUT2D eigenvalue weighted by atomic mass is 32.2. The molecule has 174 valence electrons. The van der Waals surface area contributed by atoms with E-state index in [4.69, 9.17) is 13.9 Å². The Morgan fingerprint density at radius 3 is 3.06 bits per heavy atom. The number of fused-ring (bicyclic) bond motifs is 1. The van der Waals surface area contributed by atoms with Gasteiger partial charge >= 0.3 is 0 Å². The summed E-state index contributed by atoms with van der Waals surface area (Å²) in [5.74, 6) is 0.971. The molecule has 1 aliphatic rings. The van der Waals surface area contributed by atoms with E-state index >= 15 is 0 Å². The number of hydrogen-bond donors (Lipinski definition) is 1. The van der Waals surface area contributed by atoms with Crippen LogP contribution in [0.1, 0.15) is 11.5 Å². The molecule has 3 aromatic rings. The molecular weight excluding hydrogens is 448 g/mol. The molecule has 1 N–H and O–H groups in total. The summed E-state index contributed by atoms with van der Waals surface area (Å²) >= 11 is 1.42. The van der Waals surface area contributed by atoms with Crippen LogP contribution in [-0.2, 0) is 14.3 Å². The fourth-order valence-corrected chi connectivity index (χ4v) is 3.56. The minimum Gasteiger partial charge on any atom is -0.475 e. The van der Waals surface area contributed by atoms with E-state index in [-0.39, 0.29) is 31.1 Å². The first-order chi connectivity index (χ1) is 16.0. The molecule has 1 aliphatic heterocycles. The summed E-state index contributed by atoms with van der Waals surface area (Å²) in [5.41, 5.74) is 0.760. The maximum atomic E-state index is 12.5. The number of aryl methyl sites for hydroxylation is 1. The first-order valence-corrected chi connectivity index (χ1v) is 11.5. The highest BCUT2D eigenvalue weighted by Crippen LogP contribution is 2.18. The van der Waals surface area contributed by atoms with Gasteiger partial charge in [-0.25, -0.2) is 4.98 Å². The fourth-order valence-electron chi connectivity index (χ4n) is 3.23. The van der Waals surface area contributed by atoms with E-state index in [0.717, 1.165) is 5.69 Å². The van der Waals surface area contributed by atoms with Gasteiger partial charge in [-0.05, 0) is 31.4 Å². The van der Waals surface area contributed by atoms with Gasteiger partial charge in [0.25, 0.3) is 5.78 Å². The van der Waals surface area contributed by atoms with Crippen LogP contribution in [0.4, 0.5) is 0 Å². The van der Waals surface area contributed by atoms with E-state index in [0.29, 0.717) is 42.3 Å². The molecule has 1 fully saturated rings. The molecule has 1 saturated heterocycles. The van der Waals surface area contributed by atoms with Crippen LogP contribution >= 0.6 is 11.8 Å². The molecule has 2 amide bonds. The van der Waals surface area contributed by atoms with Crippen molar-refractivity contribution in [3.05, 3.63) is 42.0 Å². The smallest absolute Gasteiger partial charge is 0.256 e. The summed E-state index contributed by atoms with van der Waals surface area (Å²) in [5, 5.41) is 7.57. The molecular formula is C21H24N6O5S. The van der Waals surface area contributed by atoms with Gasteiger partial charge in [-0.3, -0.25) is 9.59 Å². The van der Waals surface area contributed by atoms with Gasteiger partial charge in [0.2, 0.25) is 22.9 Å². The first-order valence-electron chi connectivity index (χ1n) is 10.3. The van der Waals surface area contributed by atoms with Gasteiger partial charge in [-0.1, -0.05) is 11.8 Å². The van der Waals surface area contributed by atoms with E-state index < -0.39 is 0 Å². The minimum absolute atomic E-state index is 0.102. The second-order valence-electron chi connectivity index (χ2n) is 7.26. The molecule has 1 atom stereocenters. The normalized spacial score (nSPS) is 16.4. The van der Waals surface area contributed by atoms with Gasteiger partial charge in [0.1, 0.15) is 18.5 Å². The molecule has 4 heterocycles. The molecule has 3 aromatic heterocycles. The summed E-state index contributed by atoms with van der Waals surface area (Å²) in [4.78, 5) is 34.8. The van der Waals surface area contributed by atoms with E-state index in [1.54, 1.807) is 27.6 Å². The van der Waals surface area contributed by atoms with E-state index in [1.165, 1.54) is 30.2 Å². The Labute approximate surface area is 194 Å². The lowest BCUT2D eigenvalue weighted by atomic mass is 10.2. The summed E-state index contributed by atoms with van der Waals surface area (Å²) in [6, 6.07) is 5.24. The highest BCUT2D eigenvalue weighted by molar-refractivity contribution is 7.98. The monoisotopic (exact) mass is 472 g/mol. The third-order valence-corrected chi connectivity index (χ3v) is 5.37. The predicted molar refractivity (Wildman–Crippen MR) is 120 cm³/mol. The molecule has 4 rings (SSSR count). The first kappa shape index (κ1) is 22.8. The summed E-state index contributed by atoms with van der Waals surface area (Å²) in [6.07, 6.45) is 5.96. The fraction of sp³-hybridized carbons (Fsp3) is 0.381. The van der Waals surface area contributed by atoms with Gasteiger partial charge in [-0.2, -0.15) is 9.50 Å². The number of hydrogen-bond acceptors (Lipinski definition) is 9. The van der Waals surface area contributed by atoms with Crippen LogP contribution in [0, 0.1) is 6.92 Å². The van der Waals surface area contributed by atoms with Crippen LogP contribution in [0.2, 0.25) is 0 Å². The number of nitrogens with zero attached hydrogens (tertiary/aromatic N) is 5. The molecule has 0 radical (unpaired) electrons. The Kier molecular flexibility index (Phi) is 7.25. The quantitative estimate of drug-likeness (QED) is 0.380. The van der Waals surface area contributed by atoms with Gasteiger partial charge in [0.15, 0.2) is 0 Å². The topological polar surface area (TPSA) is 124 Å². The van der Waals surface area contributed by atoms with Crippen molar-refractivity contribution in [1.29, 1.82) is 0 Å². The van der Waals surface area contributed by atoms with Gasteiger partial charge < -0.3 is 24.1 Å². The van der Waals surface area contributed by atoms with Crippen LogP contribution in [0.15, 0.2) is 40.1 Å². The Bertz CT molecular complexity index is 1150. The van der Waals surface area contributed by atoms with Crippen molar-refractivity contribution in [1.82, 2.24) is 29.8 Å². The van der Waals surface area contributed by atoms with Crippen LogP contribution in [0.5, 0.6) is 5.88 Å². The van der Waals surface area contributed by atoms with Crippen LogP contribution in [0.25, 0.3) is 11.9 Å². The summed E-state index contributed by atoms with van der Waals surface area (Å²) < 4.78 is 18.4. The lowest BCUT2D eigenvalue weighted by molar-refractivity contribution is -0.140. The highest BCUT2D eigenvalue weighted by Gasteiger charge is 2.25. The number of carbonyl (C=O) groups excluding carboxylic acids is 2. The number of nitrogens with one attached hydrogen (secondary N) is 1. The average molecular weight is 473 g/mol. The molecule has 0 aliphatic carbocycles. The zero-order valence-electron chi connectivity index (χ0n) is 18.3. The second kappa shape index (κ2) is 10.5. The lowest BCUT2D eigenvalue weighted by Crippen LogP contribution is -2.50. The Balaban J connectivity index is 1.29. The molecule has 12 heteroatoms. The number of ether oxygens (including phenoxy) is 2. The predicted octanol–water partition coefficient (Wildman–Crippen LogP) is 1.18. The number of carbonyl (C=O) groups is 2. The number of morpholine rings is 1. The molecule has 0 aromatic carbocycles. The Morgan fingerprint density at radius 2 is 2.27 bits per heavy atom. The molecule has 0 bridgehead atoms. The van der Waals surface area contributed by atoms with Crippen molar-refractivity contribution in [2.75, 3.05) is 39.1 Å². The third-order valence-electron chi connectivity index (χ3n) is 4.84. The largest absolute Gasteiger partial charge is 0.475 e. The van der Waals surface area contributed by atoms with Crippen molar-refractivity contribution >= 4 is 35.4 Å². The second-order valence-corrected chi connectivity index (χ2v) is 8.03. The molecule has 0 spiro atoms. The third kappa shape index (κ3) is 5.90. The molecule has 0 saturated carbocycles. The van der Waals surface area contributed by atoms with E-state index in [1.807, 2.05) is 13.2 Å². The number of amides is 2. The molecule has 11 nitrogen and oxygen atoms in total. The summed E-state index contributed by atoms with van der Waals surface area (Å²) in [6.45, 7) is 3.18. The van der Waals surface area contributed by atoms with Crippen LogP contribution in [0.3, 0.4) is 0 Å². The lowest BCUT2D eigenvalue weighted by Gasteiger charge is -2.32. The van der Waals surface area contributed by atoms with Gasteiger partial charge in [0, 0.05) is 24.4 Å². The maximum absolute atomic E-state index is 12.5. The van der Waals surface area contributed by atoms with Gasteiger partial charge in [-0.15, -0.1) is 5.10 Å². The zero-order valence-corrected chi connectivity index (χ0v) is 19.1. The minimum atomic E-state index is -0.373. The number of thioether (sulfide) groups is 1. The maximum Gasteiger partial charge on any atom is 0.256 e. The van der Waals surface area contributed by atoms with Crippen molar-refractivity contribution in [3.8, 4) is 5.88 Å². The molecule has 33 heavy (non-hydrogen) atoms. The average Bonchev–Trinajstić information content (AvgIpc) is 3.49. The summed E-state index contributed by atoms with van der Waals surface area (Å²) in [7, 11) is 0. The zero-order chi connectivity index (χ0) is 23.2. The number of furan rings is 1. The van der Waals surface area contributed by atoms with Crippen molar-refractivity contribution in [2.24, 2.45) is 0 Å². The van der Waals surface area contributed by atoms with E-state index in [9.17, 15) is 9.59 Å². The Hall–Kier alpha value is -3.38. The standard InChI is InChI=1S/C21H24N6O5S/c1-14-10-19(27-20(23-14)24-21(25-27)33-2)32-13-16-12-26(7-9-31-16)18(29)11-22-17(28)6-5-15-4-3-8-30-15/h3-6,8,10,16H,7,9,11-13H2,1-2H3,(H,22,28)/b6-5-. The number of rotatable bonds is 8. The Morgan fingerprint density at radius 1 is 1.39 bits per heavy atom. The van der Waals surface area contributed by atoms with Gasteiger partial charge in [0.05, 0.1) is 26.0 Å². The SMILES string of the molecule is CSc1nc2nc(C)cc(OCC3CN(C(=O)CNC(=O)/C=C\c4ccco4)CCO3)n2n1.